The number of rotatable bonds is 4. The molecule has 2 aromatic rings. The molecule has 1 aromatic heterocycles. The van der Waals surface area contributed by atoms with E-state index in [9.17, 15) is 0 Å². The van der Waals surface area contributed by atoms with Gasteiger partial charge in [-0.25, -0.2) is 0 Å². The zero-order chi connectivity index (χ0) is 11.4. The average Bonchev–Trinajstić information content (AvgIpc) is 2.78. The molecule has 0 fully saturated rings. The molecule has 0 unspecified atom stereocenters. The summed E-state index contributed by atoms with van der Waals surface area (Å²) < 4.78 is 10.9. The van der Waals surface area contributed by atoms with Crippen molar-refractivity contribution < 1.29 is 9.15 Å². The Morgan fingerprint density at radius 1 is 1.12 bits per heavy atom. The molecule has 0 amide bonds. The van der Waals surface area contributed by atoms with E-state index in [0.717, 1.165) is 17.9 Å². The molecular weight excluding hydrogens is 238 g/mol. The first kappa shape index (κ1) is 13.6. The molecule has 3 nitrogen and oxygen atoms in total. The molecule has 2 rings (SSSR count). The Morgan fingerprint density at radius 3 is 2.35 bits per heavy atom. The zero-order valence-electron chi connectivity index (χ0n) is 9.68. The maximum atomic E-state index is 5.54. The molecule has 92 valence electrons. The molecule has 4 heteroatoms. The summed E-state index contributed by atoms with van der Waals surface area (Å²) >= 11 is 0. The normalized spacial score (nSPS) is 9.76. The quantitative estimate of drug-likeness (QED) is 0.907. The van der Waals surface area contributed by atoms with E-state index < -0.39 is 0 Å². The Balaban J connectivity index is 0.00000144. The number of benzene rings is 1. The standard InChI is InChI=1S/C13H15NO2.ClH/c1-2-10-3-5-11(6-4-10)15-13-8-7-12(9-14)16-13;/h3-8H,2,9,14H2,1H3;1H. The topological polar surface area (TPSA) is 48.4 Å². The highest BCUT2D eigenvalue weighted by Crippen LogP contribution is 2.23. The van der Waals surface area contributed by atoms with Crippen molar-refractivity contribution in [2.45, 2.75) is 19.9 Å². The highest BCUT2D eigenvalue weighted by atomic mass is 35.5. The maximum absolute atomic E-state index is 5.54. The van der Waals surface area contributed by atoms with Gasteiger partial charge in [0.05, 0.1) is 6.54 Å². The van der Waals surface area contributed by atoms with Gasteiger partial charge in [-0.1, -0.05) is 19.1 Å². The fourth-order valence-corrected chi connectivity index (χ4v) is 1.43. The summed E-state index contributed by atoms with van der Waals surface area (Å²) in [6.07, 6.45) is 1.03. The predicted molar refractivity (Wildman–Crippen MR) is 69.7 cm³/mol. The van der Waals surface area contributed by atoms with Crippen LogP contribution in [0.2, 0.25) is 0 Å². The number of nitrogens with two attached hydrogens (primary N) is 1. The van der Waals surface area contributed by atoms with Crippen LogP contribution in [0.5, 0.6) is 11.7 Å². The van der Waals surface area contributed by atoms with Crippen LogP contribution in [0.15, 0.2) is 40.8 Å². The molecule has 0 aliphatic carbocycles. The van der Waals surface area contributed by atoms with E-state index in [0.29, 0.717) is 12.5 Å². The second-order valence-electron chi connectivity index (χ2n) is 3.52. The maximum Gasteiger partial charge on any atom is 0.290 e. The molecule has 0 bridgehead atoms. The molecule has 1 aromatic carbocycles. The van der Waals surface area contributed by atoms with Crippen LogP contribution in [0.3, 0.4) is 0 Å². The zero-order valence-corrected chi connectivity index (χ0v) is 10.5. The predicted octanol–water partition coefficient (Wildman–Crippen LogP) is 3.51. The van der Waals surface area contributed by atoms with Crippen LogP contribution in [-0.4, -0.2) is 0 Å². The molecular formula is C13H16ClNO2. The van der Waals surface area contributed by atoms with Crippen LogP contribution in [0.4, 0.5) is 0 Å². The van der Waals surface area contributed by atoms with E-state index in [1.54, 1.807) is 6.07 Å². The van der Waals surface area contributed by atoms with Gasteiger partial charge in [0.15, 0.2) is 0 Å². The van der Waals surface area contributed by atoms with Crippen LogP contribution < -0.4 is 10.5 Å². The lowest BCUT2D eigenvalue weighted by Gasteiger charge is -2.02. The minimum atomic E-state index is 0. The summed E-state index contributed by atoms with van der Waals surface area (Å²) in [6, 6.07) is 11.5. The molecule has 0 aliphatic rings. The second kappa shape index (κ2) is 6.33. The lowest BCUT2D eigenvalue weighted by Crippen LogP contribution is -1.92. The Morgan fingerprint density at radius 2 is 1.82 bits per heavy atom. The number of hydrogen-bond acceptors (Lipinski definition) is 3. The van der Waals surface area contributed by atoms with Gasteiger partial charge in [-0.2, -0.15) is 0 Å². The Bertz CT molecular complexity index is 451. The second-order valence-corrected chi connectivity index (χ2v) is 3.52. The molecule has 0 radical (unpaired) electrons. The van der Waals surface area contributed by atoms with Crippen molar-refractivity contribution in [3.05, 3.63) is 47.7 Å². The Labute approximate surface area is 107 Å². The molecule has 0 saturated heterocycles. The molecule has 0 saturated carbocycles. The minimum absolute atomic E-state index is 0. The fourth-order valence-electron chi connectivity index (χ4n) is 1.43. The molecule has 0 atom stereocenters. The van der Waals surface area contributed by atoms with Crippen LogP contribution >= 0.6 is 12.4 Å². The number of halogens is 1. The summed E-state index contributed by atoms with van der Waals surface area (Å²) in [4.78, 5) is 0. The van der Waals surface area contributed by atoms with Crippen molar-refractivity contribution in [1.29, 1.82) is 0 Å². The van der Waals surface area contributed by atoms with E-state index in [1.807, 2.05) is 30.3 Å². The summed E-state index contributed by atoms with van der Waals surface area (Å²) in [5.41, 5.74) is 6.73. The van der Waals surface area contributed by atoms with E-state index in [4.69, 9.17) is 14.9 Å². The molecule has 2 N–H and O–H groups in total. The van der Waals surface area contributed by atoms with Gasteiger partial charge >= 0.3 is 0 Å². The summed E-state index contributed by atoms with van der Waals surface area (Å²) in [7, 11) is 0. The Kier molecular flexibility index (Phi) is 5.07. The van der Waals surface area contributed by atoms with E-state index >= 15 is 0 Å². The van der Waals surface area contributed by atoms with Gasteiger partial charge in [0, 0.05) is 6.07 Å². The SMILES string of the molecule is CCc1ccc(Oc2ccc(CN)o2)cc1.Cl. The van der Waals surface area contributed by atoms with Crippen LogP contribution in [0.25, 0.3) is 0 Å². The van der Waals surface area contributed by atoms with Gasteiger partial charge in [-0.15, -0.1) is 12.4 Å². The van der Waals surface area contributed by atoms with Crippen molar-refractivity contribution in [2.75, 3.05) is 0 Å². The minimum Gasteiger partial charge on any atom is -0.429 e. The fraction of sp³-hybridized carbons (Fsp3) is 0.231. The smallest absolute Gasteiger partial charge is 0.290 e. The van der Waals surface area contributed by atoms with Crippen molar-refractivity contribution in [3.8, 4) is 11.7 Å². The molecule has 0 aliphatic heterocycles. The number of ether oxygens (including phenoxy) is 1. The summed E-state index contributed by atoms with van der Waals surface area (Å²) in [5, 5.41) is 0. The van der Waals surface area contributed by atoms with Gasteiger partial charge in [-0.05, 0) is 30.2 Å². The third kappa shape index (κ3) is 3.51. The van der Waals surface area contributed by atoms with Gasteiger partial charge in [0.2, 0.25) is 0 Å². The summed E-state index contributed by atoms with van der Waals surface area (Å²) in [5.74, 6) is 1.97. The lowest BCUT2D eigenvalue weighted by molar-refractivity contribution is 0.333. The average molecular weight is 254 g/mol. The number of furan rings is 1. The third-order valence-electron chi connectivity index (χ3n) is 2.39. The third-order valence-corrected chi connectivity index (χ3v) is 2.39. The van der Waals surface area contributed by atoms with Crippen molar-refractivity contribution >= 4 is 12.4 Å². The van der Waals surface area contributed by atoms with E-state index in [-0.39, 0.29) is 12.4 Å². The number of hydrogen-bond donors (Lipinski definition) is 1. The Hall–Kier alpha value is -1.45. The van der Waals surface area contributed by atoms with Crippen LogP contribution in [0.1, 0.15) is 18.2 Å². The van der Waals surface area contributed by atoms with Crippen LogP contribution in [0, 0.1) is 0 Å². The first-order chi connectivity index (χ1) is 7.81. The highest BCUT2D eigenvalue weighted by Gasteiger charge is 2.02. The van der Waals surface area contributed by atoms with Crippen molar-refractivity contribution in [3.63, 3.8) is 0 Å². The first-order valence-electron chi connectivity index (χ1n) is 5.37. The van der Waals surface area contributed by atoms with Crippen molar-refractivity contribution in [1.82, 2.24) is 0 Å². The van der Waals surface area contributed by atoms with E-state index in [2.05, 4.69) is 6.92 Å². The van der Waals surface area contributed by atoms with Gasteiger partial charge < -0.3 is 14.9 Å². The molecule has 17 heavy (non-hydrogen) atoms. The monoisotopic (exact) mass is 253 g/mol. The van der Waals surface area contributed by atoms with Gasteiger partial charge in [0.25, 0.3) is 5.95 Å². The number of aryl methyl sites for hydroxylation is 1. The van der Waals surface area contributed by atoms with Gasteiger partial charge in [0.1, 0.15) is 11.5 Å². The largest absolute Gasteiger partial charge is 0.429 e. The highest BCUT2D eigenvalue weighted by molar-refractivity contribution is 5.85. The van der Waals surface area contributed by atoms with Crippen molar-refractivity contribution in [2.24, 2.45) is 5.73 Å². The van der Waals surface area contributed by atoms with Gasteiger partial charge in [-0.3, -0.25) is 0 Å². The lowest BCUT2D eigenvalue weighted by atomic mass is 10.2. The molecule has 0 spiro atoms. The first-order valence-corrected chi connectivity index (χ1v) is 5.37. The van der Waals surface area contributed by atoms with Crippen LogP contribution in [-0.2, 0) is 13.0 Å². The van der Waals surface area contributed by atoms with E-state index in [1.165, 1.54) is 5.56 Å². The molecule has 1 heterocycles. The summed E-state index contributed by atoms with van der Waals surface area (Å²) in [6.45, 7) is 2.51.